The van der Waals surface area contributed by atoms with Crippen molar-refractivity contribution in [1.29, 1.82) is 0 Å². The summed E-state index contributed by atoms with van der Waals surface area (Å²) in [4.78, 5) is 25.6. The van der Waals surface area contributed by atoms with Crippen molar-refractivity contribution in [2.45, 2.75) is 20.4 Å². The third-order valence-electron chi connectivity index (χ3n) is 5.77. The fraction of sp³-hybridized carbons (Fsp3) is 0.320. The van der Waals surface area contributed by atoms with E-state index in [1.807, 2.05) is 43.3 Å². The fourth-order valence-corrected chi connectivity index (χ4v) is 5.38. The van der Waals surface area contributed by atoms with Gasteiger partial charge in [-0.2, -0.15) is 4.98 Å². The van der Waals surface area contributed by atoms with E-state index in [1.165, 1.54) is 11.3 Å². The van der Waals surface area contributed by atoms with Crippen LogP contribution in [-0.4, -0.2) is 53.7 Å². The van der Waals surface area contributed by atoms with Crippen LogP contribution in [-0.2, 0) is 16.0 Å². The topological polar surface area (TPSA) is 73.8 Å². The lowest BCUT2D eigenvalue weighted by Gasteiger charge is -2.25. The molecule has 0 unspecified atom stereocenters. The van der Waals surface area contributed by atoms with Gasteiger partial charge in [-0.25, -0.2) is 9.78 Å². The molecule has 3 heterocycles. The van der Waals surface area contributed by atoms with Gasteiger partial charge in [0, 0.05) is 28.9 Å². The van der Waals surface area contributed by atoms with E-state index in [4.69, 9.17) is 35.8 Å². The lowest BCUT2D eigenvalue weighted by atomic mass is 10.1. The molecule has 2 aromatic heterocycles. The number of rotatable bonds is 6. The van der Waals surface area contributed by atoms with Crippen molar-refractivity contribution in [1.82, 2.24) is 14.9 Å². The van der Waals surface area contributed by atoms with Crippen LogP contribution in [0.4, 0.5) is 0 Å². The zero-order valence-corrected chi connectivity index (χ0v) is 20.5. The molecule has 1 fully saturated rings. The Morgan fingerprint density at radius 1 is 1.15 bits per heavy atom. The molecule has 34 heavy (non-hydrogen) atoms. The number of halogens is 1. The highest BCUT2D eigenvalue weighted by Crippen LogP contribution is 2.40. The molecule has 0 atom stereocenters. The van der Waals surface area contributed by atoms with Gasteiger partial charge in [0.05, 0.1) is 31.8 Å². The van der Waals surface area contributed by atoms with Gasteiger partial charge in [-0.3, -0.25) is 4.90 Å². The number of morpholine rings is 1. The number of hydrogen-bond acceptors (Lipinski definition) is 8. The molecule has 0 aliphatic carbocycles. The minimum Gasteiger partial charge on any atom is -0.462 e. The lowest BCUT2D eigenvalue weighted by molar-refractivity contribution is 0.0330. The number of ether oxygens (including phenoxy) is 3. The van der Waals surface area contributed by atoms with Gasteiger partial charge in [-0.05, 0) is 31.5 Å². The number of carbonyl (C=O) groups excluding carboxylic acids is 1. The monoisotopic (exact) mass is 497 g/mol. The summed E-state index contributed by atoms with van der Waals surface area (Å²) in [5, 5.41) is 3.16. The Bertz CT molecular complexity index is 1370. The Hall–Kier alpha value is -2.78. The summed E-state index contributed by atoms with van der Waals surface area (Å²) >= 11 is 7.72. The second-order valence-electron chi connectivity index (χ2n) is 7.98. The zero-order chi connectivity index (χ0) is 23.7. The van der Waals surface area contributed by atoms with Crippen molar-refractivity contribution >= 4 is 49.9 Å². The maximum atomic E-state index is 12.6. The van der Waals surface area contributed by atoms with Gasteiger partial charge in [-0.15, -0.1) is 11.3 Å². The smallest absolute Gasteiger partial charge is 0.348 e. The number of esters is 1. The number of nitrogens with zero attached hydrogens (tertiary/aromatic N) is 3. The number of fused-ring (bicyclic) bond motifs is 2. The molecule has 0 N–H and O–H groups in total. The van der Waals surface area contributed by atoms with Gasteiger partial charge in [0.2, 0.25) is 5.88 Å². The number of aryl methyl sites for hydroxylation is 1. The molecular weight excluding hydrogens is 474 g/mol. The van der Waals surface area contributed by atoms with Gasteiger partial charge in [0.1, 0.15) is 21.3 Å². The first-order chi connectivity index (χ1) is 16.5. The molecule has 1 aliphatic rings. The normalized spacial score (nSPS) is 14.6. The molecule has 0 bridgehead atoms. The predicted molar refractivity (Wildman–Crippen MR) is 133 cm³/mol. The van der Waals surface area contributed by atoms with Gasteiger partial charge >= 0.3 is 5.97 Å². The van der Waals surface area contributed by atoms with E-state index in [-0.39, 0.29) is 5.97 Å². The number of aromatic nitrogens is 2. The summed E-state index contributed by atoms with van der Waals surface area (Å²) in [7, 11) is 0. The first-order valence-corrected chi connectivity index (χ1v) is 12.4. The Labute approximate surface area is 206 Å². The SMILES string of the molecule is CCOC(=O)c1sc2nc(CN3CCOCC3)nc(Oc3ccc(Cl)c4ccccc34)c2c1C. The van der Waals surface area contributed by atoms with Gasteiger partial charge in [0.15, 0.2) is 0 Å². The average Bonchev–Trinajstić information content (AvgIpc) is 3.18. The van der Waals surface area contributed by atoms with Crippen molar-refractivity contribution in [3.05, 3.63) is 57.7 Å². The Morgan fingerprint density at radius 3 is 2.68 bits per heavy atom. The maximum absolute atomic E-state index is 12.6. The highest BCUT2D eigenvalue weighted by atomic mass is 35.5. The van der Waals surface area contributed by atoms with Gasteiger partial charge < -0.3 is 14.2 Å². The summed E-state index contributed by atoms with van der Waals surface area (Å²) in [6, 6.07) is 11.5. The van der Waals surface area contributed by atoms with Crippen LogP contribution in [0.1, 0.15) is 28.0 Å². The Balaban J connectivity index is 1.62. The van der Waals surface area contributed by atoms with Crippen molar-refractivity contribution in [3.63, 3.8) is 0 Å². The molecule has 1 saturated heterocycles. The van der Waals surface area contributed by atoms with Crippen LogP contribution in [0.15, 0.2) is 36.4 Å². The van der Waals surface area contributed by atoms with Crippen molar-refractivity contribution < 1.29 is 19.0 Å². The predicted octanol–water partition coefficient (Wildman–Crippen LogP) is 5.61. The lowest BCUT2D eigenvalue weighted by Crippen LogP contribution is -2.36. The standard InChI is InChI=1S/C25H24ClN3O4S/c1-3-32-25(30)22-15(2)21-23(33-19-9-8-18(26)16-6-4-5-7-17(16)19)27-20(28-24(21)34-22)14-29-10-12-31-13-11-29/h4-9H,3,10-14H2,1-2H3. The van der Waals surface area contributed by atoms with E-state index < -0.39 is 0 Å². The fourth-order valence-electron chi connectivity index (χ4n) is 4.07. The second-order valence-corrected chi connectivity index (χ2v) is 9.39. The van der Waals surface area contributed by atoms with Crippen molar-refractivity contribution in [2.24, 2.45) is 0 Å². The van der Waals surface area contributed by atoms with Gasteiger partial charge in [0.25, 0.3) is 0 Å². The number of thiophene rings is 1. The van der Waals surface area contributed by atoms with E-state index in [2.05, 4.69) is 4.90 Å². The third-order valence-corrected chi connectivity index (χ3v) is 7.27. The first-order valence-electron chi connectivity index (χ1n) is 11.2. The van der Waals surface area contributed by atoms with Crippen LogP contribution < -0.4 is 4.74 Å². The molecule has 2 aromatic carbocycles. The van der Waals surface area contributed by atoms with E-state index >= 15 is 0 Å². The van der Waals surface area contributed by atoms with Crippen LogP contribution in [0.5, 0.6) is 11.6 Å². The minimum absolute atomic E-state index is 0.306. The van der Waals surface area contributed by atoms with E-state index in [0.717, 1.165) is 34.8 Å². The summed E-state index contributed by atoms with van der Waals surface area (Å²) in [5.41, 5.74) is 0.754. The molecule has 5 rings (SSSR count). The molecule has 0 spiro atoms. The van der Waals surface area contributed by atoms with Crippen molar-refractivity contribution in [2.75, 3.05) is 32.9 Å². The summed E-state index contributed by atoms with van der Waals surface area (Å²) in [6.45, 7) is 7.56. The largest absolute Gasteiger partial charge is 0.462 e. The molecular formula is C25H24ClN3O4S. The molecule has 0 saturated carbocycles. The Kier molecular flexibility index (Phi) is 6.65. The van der Waals surface area contributed by atoms with E-state index in [1.54, 1.807) is 6.92 Å². The molecule has 176 valence electrons. The minimum atomic E-state index is -0.361. The van der Waals surface area contributed by atoms with Crippen LogP contribution >= 0.6 is 22.9 Å². The van der Waals surface area contributed by atoms with Crippen LogP contribution in [0.25, 0.3) is 21.0 Å². The molecule has 1 aliphatic heterocycles. The molecule has 0 amide bonds. The average molecular weight is 498 g/mol. The molecule has 9 heteroatoms. The van der Waals surface area contributed by atoms with Crippen molar-refractivity contribution in [3.8, 4) is 11.6 Å². The maximum Gasteiger partial charge on any atom is 0.348 e. The van der Waals surface area contributed by atoms with Crippen LogP contribution in [0, 0.1) is 6.92 Å². The summed E-state index contributed by atoms with van der Waals surface area (Å²) in [5.74, 6) is 1.34. The number of carbonyl (C=O) groups is 1. The van der Waals surface area contributed by atoms with E-state index in [0.29, 0.717) is 58.5 Å². The number of benzene rings is 2. The third kappa shape index (κ3) is 4.46. The highest BCUT2D eigenvalue weighted by Gasteiger charge is 2.24. The van der Waals surface area contributed by atoms with Gasteiger partial charge in [-0.1, -0.05) is 35.9 Å². The van der Waals surface area contributed by atoms with Crippen LogP contribution in [0.3, 0.4) is 0 Å². The second kappa shape index (κ2) is 9.84. The first kappa shape index (κ1) is 23.0. The summed E-state index contributed by atoms with van der Waals surface area (Å²) in [6.07, 6.45) is 0. The molecule has 4 aromatic rings. The number of hydrogen-bond donors (Lipinski definition) is 0. The quantitative estimate of drug-likeness (QED) is 0.320. The Morgan fingerprint density at radius 2 is 1.91 bits per heavy atom. The molecule has 7 nitrogen and oxygen atoms in total. The highest BCUT2D eigenvalue weighted by molar-refractivity contribution is 7.20. The summed E-state index contributed by atoms with van der Waals surface area (Å²) < 4.78 is 17.2. The molecule has 0 radical (unpaired) electrons. The van der Waals surface area contributed by atoms with E-state index in [9.17, 15) is 4.79 Å². The van der Waals surface area contributed by atoms with Crippen LogP contribution in [0.2, 0.25) is 5.02 Å². The zero-order valence-electron chi connectivity index (χ0n) is 19.0.